The summed E-state index contributed by atoms with van der Waals surface area (Å²) >= 11 is 0. The minimum absolute atomic E-state index is 0.260. The second-order valence-electron chi connectivity index (χ2n) is 6.06. The number of nitrogens with one attached hydrogen (secondary N) is 1. The van der Waals surface area contributed by atoms with Crippen LogP contribution in [0.2, 0.25) is 0 Å². The summed E-state index contributed by atoms with van der Waals surface area (Å²) in [6.07, 6.45) is 3.01. The summed E-state index contributed by atoms with van der Waals surface area (Å²) in [5.74, 6) is 0.890. The van der Waals surface area contributed by atoms with Gasteiger partial charge >= 0.3 is 0 Å². The standard InChI is InChI=1S/C20H16N6O2/c1-14-5-8-18(9-6-14)28-19-10-7-16(12-21-19)23-20(27)15-3-2-4-17(11-15)26-13-22-24-25-26/h2-13H,1H3,(H,23,27). The molecule has 4 rings (SSSR count). The summed E-state index contributed by atoms with van der Waals surface area (Å²) in [7, 11) is 0. The lowest BCUT2D eigenvalue weighted by Crippen LogP contribution is -2.12. The molecule has 138 valence electrons. The van der Waals surface area contributed by atoms with Crippen molar-refractivity contribution in [2.24, 2.45) is 0 Å². The number of benzene rings is 2. The van der Waals surface area contributed by atoms with Crippen LogP contribution in [0.3, 0.4) is 0 Å². The fourth-order valence-corrected chi connectivity index (χ4v) is 2.51. The van der Waals surface area contributed by atoms with Crippen LogP contribution in [0.5, 0.6) is 11.6 Å². The lowest BCUT2D eigenvalue weighted by molar-refractivity contribution is 0.102. The molecule has 0 spiro atoms. The lowest BCUT2D eigenvalue weighted by atomic mass is 10.2. The zero-order valence-corrected chi connectivity index (χ0v) is 15.0. The van der Waals surface area contributed by atoms with Crippen LogP contribution in [0.15, 0.2) is 73.2 Å². The third kappa shape index (κ3) is 4.01. The minimum Gasteiger partial charge on any atom is -0.439 e. The van der Waals surface area contributed by atoms with Gasteiger partial charge in [-0.3, -0.25) is 4.79 Å². The first-order valence-electron chi connectivity index (χ1n) is 8.53. The number of ether oxygens (including phenoxy) is 1. The largest absolute Gasteiger partial charge is 0.439 e. The van der Waals surface area contributed by atoms with Gasteiger partial charge in [0.2, 0.25) is 5.88 Å². The molecule has 0 saturated carbocycles. The van der Waals surface area contributed by atoms with Gasteiger partial charge in [-0.2, -0.15) is 0 Å². The molecule has 1 N–H and O–H groups in total. The second kappa shape index (κ2) is 7.67. The van der Waals surface area contributed by atoms with Crippen molar-refractivity contribution < 1.29 is 9.53 Å². The van der Waals surface area contributed by atoms with Crippen molar-refractivity contribution in [3.63, 3.8) is 0 Å². The minimum atomic E-state index is -0.260. The number of nitrogens with zero attached hydrogens (tertiary/aromatic N) is 5. The Morgan fingerprint density at radius 3 is 2.64 bits per heavy atom. The summed E-state index contributed by atoms with van der Waals surface area (Å²) in [4.78, 5) is 16.7. The second-order valence-corrected chi connectivity index (χ2v) is 6.06. The monoisotopic (exact) mass is 372 g/mol. The van der Waals surface area contributed by atoms with E-state index in [1.165, 1.54) is 11.0 Å². The molecule has 0 aliphatic rings. The van der Waals surface area contributed by atoms with Crippen molar-refractivity contribution in [1.82, 2.24) is 25.2 Å². The Balaban J connectivity index is 1.43. The molecule has 2 heterocycles. The molecule has 2 aromatic heterocycles. The number of anilines is 1. The van der Waals surface area contributed by atoms with Gasteiger partial charge in [-0.05, 0) is 53.7 Å². The van der Waals surface area contributed by atoms with Crippen molar-refractivity contribution in [3.05, 3.63) is 84.3 Å². The quantitative estimate of drug-likeness (QED) is 0.577. The highest BCUT2D eigenvalue weighted by molar-refractivity contribution is 6.04. The van der Waals surface area contributed by atoms with Crippen LogP contribution in [-0.2, 0) is 0 Å². The smallest absolute Gasteiger partial charge is 0.255 e. The molecule has 0 atom stereocenters. The molecule has 0 aliphatic heterocycles. The maximum absolute atomic E-state index is 12.5. The average Bonchev–Trinajstić information content (AvgIpc) is 3.26. The van der Waals surface area contributed by atoms with Gasteiger partial charge in [0.15, 0.2) is 0 Å². The van der Waals surface area contributed by atoms with E-state index in [1.807, 2.05) is 37.3 Å². The average molecular weight is 372 g/mol. The number of carbonyl (C=O) groups is 1. The van der Waals surface area contributed by atoms with E-state index in [0.717, 1.165) is 5.56 Å². The van der Waals surface area contributed by atoms with E-state index in [-0.39, 0.29) is 5.91 Å². The van der Waals surface area contributed by atoms with Gasteiger partial charge in [0.25, 0.3) is 5.91 Å². The Kier molecular flexibility index (Phi) is 4.75. The van der Waals surface area contributed by atoms with Crippen LogP contribution < -0.4 is 10.1 Å². The molecule has 0 aliphatic carbocycles. The van der Waals surface area contributed by atoms with Gasteiger partial charge in [-0.25, -0.2) is 9.67 Å². The van der Waals surface area contributed by atoms with Crippen molar-refractivity contribution in [3.8, 4) is 17.3 Å². The van der Waals surface area contributed by atoms with Crippen molar-refractivity contribution in [1.29, 1.82) is 0 Å². The first-order chi connectivity index (χ1) is 13.7. The molecule has 0 saturated heterocycles. The highest BCUT2D eigenvalue weighted by atomic mass is 16.5. The van der Waals surface area contributed by atoms with E-state index in [0.29, 0.717) is 28.6 Å². The van der Waals surface area contributed by atoms with Crippen LogP contribution in [0.4, 0.5) is 5.69 Å². The topological polar surface area (TPSA) is 94.8 Å². The fourth-order valence-electron chi connectivity index (χ4n) is 2.51. The van der Waals surface area contributed by atoms with Gasteiger partial charge in [0, 0.05) is 11.6 Å². The number of tetrazole rings is 1. The molecule has 8 nitrogen and oxygen atoms in total. The maximum atomic E-state index is 12.5. The van der Waals surface area contributed by atoms with E-state index in [9.17, 15) is 4.79 Å². The third-order valence-corrected chi connectivity index (χ3v) is 3.96. The van der Waals surface area contributed by atoms with Crippen LogP contribution in [0.1, 0.15) is 15.9 Å². The molecule has 2 aromatic carbocycles. The van der Waals surface area contributed by atoms with Crippen LogP contribution >= 0.6 is 0 Å². The number of aryl methyl sites for hydroxylation is 1. The first kappa shape index (κ1) is 17.3. The summed E-state index contributed by atoms with van der Waals surface area (Å²) in [5.41, 5.74) is 2.89. The Morgan fingerprint density at radius 2 is 1.93 bits per heavy atom. The maximum Gasteiger partial charge on any atom is 0.255 e. The van der Waals surface area contributed by atoms with Gasteiger partial charge in [-0.15, -0.1) is 5.10 Å². The van der Waals surface area contributed by atoms with Gasteiger partial charge in [0.05, 0.1) is 17.6 Å². The summed E-state index contributed by atoms with van der Waals surface area (Å²) in [6, 6.07) is 18.1. The van der Waals surface area contributed by atoms with Crippen LogP contribution in [0, 0.1) is 6.92 Å². The molecular formula is C20H16N6O2. The third-order valence-electron chi connectivity index (χ3n) is 3.96. The molecule has 0 bridgehead atoms. The Hall–Kier alpha value is -4.07. The molecule has 28 heavy (non-hydrogen) atoms. The normalized spacial score (nSPS) is 10.5. The van der Waals surface area contributed by atoms with E-state index >= 15 is 0 Å². The van der Waals surface area contributed by atoms with Crippen LogP contribution in [-0.4, -0.2) is 31.1 Å². The van der Waals surface area contributed by atoms with Crippen molar-refractivity contribution in [2.45, 2.75) is 6.92 Å². The van der Waals surface area contributed by atoms with E-state index in [2.05, 4.69) is 25.8 Å². The van der Waals surface area contributed by atoms with Crippen LogP contribution in [0.25, 0.3) is 5.69 Å². The number of hydrogen-bond donors (Lipinski definition) is 1. The highest BCUT2D eigenvalue weighted by Crippen LogP contribution is 2.21. The molecule has 0 radical (unpaired) electrons. The molecule has 1 amide bonds. The van der Waals surface area contributed by atoms with E-state index < -0.39 is 0 Å². The Bertz CT molecular complexity index is 1080. The predicted molar refractivity (Wildman–Crippen MR) is 103 cm³/mol. The number of aromatic nitrogens is 5. The molecular weight excluding hydrogens is 356 g/mol. The fraction of sp³-hybridized carbons (Fsp3) is 0.0500. The number of carbonyl (C=O) groups excluding carboxylic acids is 1. The first-order valence-corrected chi connectivity index (χ1v) is 8.53. The predicted octanol–water partition coefficient (Wildman–Crippen LogP) is 3.41. The van der Waals surface area contributed by atoms with Gasteiger partial charge in [-0.1, -0.05) is 23.8 Å². The highest BCUT2D eigenvalue weighted by Gasteiger charge is 2.09. The number of hydrogen-bond acceptors (Lipinski definition) is 6. The van der Waals surface area contributed by atoms with Gasteiger partial charge < -0.3 is 10.1 Å². The Labute approximate surface area is 160 Å². The molecule has 0 fully saturated rings. The number of rotatable bonds is 5. The summed E-state index contributed by atoms with van der Waals surface area (Å²) in [6.45, 7) is 2.01. The Morgan fingerprint density at radius 1 is 1.07 bits per heavy atom. The lowest BCUT2D eigenvalue weighted by Gasteiger charge is -2.08. The van der Waals surface area contributed by atoms with E-state index in [4.69, 9.17) is 4.74 Å². The van der Waals surface area contributed by atoms with Gasteiger partial charge in [0.1, 0.15) is 12.1 Å². The number of pyridine rings is 1. The van der Waals surface area contributed by atoms with E-state index in [1.54, 1.807) is 36.5 Å². The molecule has 4 aromatic rings. The summed E-state index contributed by atoms with van der Waals surface area (Å²) in [5, 5.41) is 13.8. The number of amides is 1. The molecule has 0 unspecified atom stereocenters. The molecule has 8 heteroatoms. The zero-order chi connectivity index (χ0) is 19.3. The SMILES string of the molecule is Cc1ccc(Oc2ccc(NC(=O)c3cccc(-n4cnnn4)c3)cn2)cc1. The van der Waals surface area contributed by atoms with Crippen molar-refractivity contribution >= 4 is 11.6 Å². The summed E-state index contributed by atoms with van der Waals surface area (Å²) < 4.78 is 7.17. The zero-order valence-electron chi connectivity index (χ0n) is 15.0. The van der Waals surface area contributed by atoms with Crippen molar-refractivity contribution in [2.75, 3.05) is 5.32 Å².